The second-order valence-electron chi connectivity index (χ2n) is 4.40. The Morgan fingerprint density at radius 1 is 1.69 bits per heavy atom. The van der Waals surface area contributed by atoms with Crippen molar-refractivity contribution in [3.05, 3.63) is 11.8 Å². The lowest BCUT2D eigenvalue weighted by Crippen LogP contribution is -2.33. The Hall–Kier alpha value is -1.36. The highest BCUT2D eigenvalue weighted by Crippen LogP contribution is 2.29. The number of amides is 1. The molecule has 0 unspecified atom stereocenters. The Kier molecular flexibility index (Phi) is 3.70. The maximum absolute atomic E-state index is 10.8. The highest BCUT2D eigenvalue weighted by Gasteiger charge is 2.32. The van der Waals surface area contributed by atoms with Crippen LogP contribution >= 0.6 is 0 Å². The Balaban J connectivity index is 2.88. The Labute approximate surface area is 94.8 Å². The van der Waals surface area contributed by atoms with Crippen molar-refractivity contribution in [3.8, 4) is 0 Å². The van der Waals surface area contributed by atoms with Gasteiger partial charge in [0.1, 0.15) is 0 Å². The number of carbonyl (C=O) groups excluding carboxylic acids is 1. The lowest BCUT2D eigenvalue weighted by Gasteiger charge is -2.27. The van der Waals surface area contributed by atoms with E-state index in [4.69, 9.17) is 4.52 Å². The van der Waals surface area contributed by atoms with E-state index in [1.165, 1.54) is 6.92 Å². The van der Waals surface area contributed by atoms with Crippen LogP contribution in [-0.2, 0) is 10.2 Å². The molecule has 0 aliphatic rings. The summed E-state index contributed by atoms with van der Waals surface area (Å²) in [6.07, 6.45) is 0.137. The Bertz CT molecular complexity index is 371. The maximum atomic E-state index is 10.8. The first-order chi connectivity index (χ1) is 7.37. The molecule has 1 aromatic rings. The van der Waals surface area contributed by atoms with Crippen molar-refractivity contribution in [1.29, 1.82) is 0 Å². The van der Waals surface area contributed by atoms with Gasteiger partial charge < -0.3 is 9.63 Å². The predicted octanol–water partition coefficient (Wildman–Crippen LogP) is 1.68. The van der Waals surface area contributed by atoms with Gasteiger partial charge in [-0.3, -0.25) is 10.1 Å². The molecule has 1 rings (SSSR count). The van der Waals surface area contributed by atoms with Crippen molar-refractivity contribution in [2.75, 3.05) is 5.32 Å². The fourth-order valence-electron chi connectivity index (χ4n) is 1.49. The molecule has 1 aromatic heterocycles. The van der Waals surface area contributed by atoms with E-state index in [-0.39, 0.29) is 5.91 Å². The van der Waals surface area contributed by atoms with Crippen molar-refractivity contribution >= 4 is 11.8 Å². The average Bonchev–Trinajstić information content (AvgIpc) is 2.64. The summed E-state index contributed by atoms with van der Waals surface area (Å²) in [7, 11) is 0. The zero-order valence-electron chi connectivity index (χ0n) is 10.1. The van der Waals surface area contributed by atoms with Gasteiger partial charge in [0.25, 0.3) is 0 Å². The normalized spacial score (nSPS) is 13.6. The van der Waals surface area contributed by atoms with Crippen LogP contribution in [0.2, 0.25) is 0 Å². The van der Waals surface area contributed by atoms with Gasteiger partial charge in [0.2, 0.25) is 11.8 Å². The summed E-state index contributed by atoms with van der Waals surface area (Å²) < 4.78 is 4.96. The van der Waals surface area contributed by atoms with Crippen LogP contribution in [0.15, 0.2) is 10.6 Å². The fraction of sp³-hybridized carbons (Fsp3) is 0.636. The molecule has 0 saturated carbocycles. The van der Waals surface area contributed by atoms with Gasteiger partial charge in [-0.2, -0.15) is 0 Å². The summed E-state index contributed by atoms with van der Waals surface area (Å²) in [5, 5.41) is 16.2. The van der Waals surface area contributed by atoms with Gasteiger partial charge in [-0.1, -0.05) is 25.9 Å². The van der Waals surface area contributed by atoms with E-state index in [1.54, 1.807) is 6.07 Å². The van der Waals surface area contributed by atoms with Crippen LogP contribution in [0.5, 0.6) is 0 Å². The predicted molar refractivity (Wildman–Crippen MR) is 60.1 cm³/mol. The number of hydrogen-bond donors (Lipinski definition) is 2. The van der Waals surface area contributed by atoms with E-state index >= 15 is 0 Å². The minimum atomic E-state index is -0.497. The Morgan fingerprint density at radius 2 is 2.31 bits per heavy atom. The summed E-state index contributed by atoms with van der Waals surface area (Å²) in [6.45, 7) is 7.07. The van der Waals surface area contributed by atoms with Gasteiger partial charge in [-0.15, -0.1) is 0 Å². The number of nitrogens with zero attached hydrogens (tertiary/aromatic N) is 1. The highest BCUT2D eigenvalue weighted by molar-refractivity contribution is 5.87. The molecule has 1 amide bonds. The number of anilines is 1. The first kappa shape index (κ1) is 12.7. The summed E-state index contributed by atoms with van der Waals surface area (Å²) in [5.74, 6) is 0.0930. The van der Waals surface area contributed by atoms with Crippen molar-refractivity contribution in [2.45, 2.75) is 45.6 Å². The molecule has 1 heterocycles. The number of nitrogens with one attached hydrogen (secondary N) is 1. The van der Waals surface area contributed by atoms with Gasteiger partial charge in [-0.25, -0.2) is 0 Å². The SMILES string of the molecule is CC[C@@H](O)C(C)(C)c1cc(NC(C)=O)on1. The number of carbonyl (C=O) groups is 1. The van der Waals surface area contributed by atoms with E-state index in [0.717, 1.165) is 0 Å². The van der Waals surface area contributed by atoms with E-state index in [0.29, 0.717) is 18.0 Å². The van der Waals surface area contributed by atoms with Crippen LogP contribution in [0, 0.1) is 0 Å². The number of aliphatic hydroxyl groups is 1. The number of rotatable bonds is 4. The van der Waals surface area contributed by atoms with Crippen LogP contribution in [0.25, 0.3) is 0 Å². The standard InChI is InChI=1S/C11H18N2O3/c1-5-9(15)11(3,4)8-6-10(16-13-8)12-7(2)14/h6,9,15H,5H2,1-4H3,(H,12,14)/t9-/m1/s1. The van der Waals surface area contributed by atoms with Gasteiger partial charge in [-0.05, 0) is 6.42 Å². The number of hydrogen-bond acceptors (Lipinski definition) is 4. The zero-order valence-corrected chi connectivity index (χ0v) is 10.1. The van der Waals surface area contributed by atoms with Gasteiger partial charge in [0, 0.05) is 18.4 Å². The minimum absolute atomic E-state index is 0.212. The fourth-order valence-corrected chi connectivity index (χ4v) is 1.49. The maximum Gasteiger partial charge on any atom is 0.231 e. The molecule has 5 nitrogen and oxygen atoms in total. The third-order valence-electron chi connectivity index (χ3n) is 2.69. The molecule has 90 valence electrons. The average molecular weight is 226 g/mol. The van der Waals surface area contributed by atoms with Gasteiger partial charge >= 0.3 is 0 Å². The van der Waals surface area contributed by atoms with Crippen LogP contribution in [0.1, 0.15) is 39.8 Å². The summed E-state index contributed by atoms with van der Waals surface area (Å²) in [6, 6.07) is 1.64. The van der Waals surface area contributed by atoms with E-state index < -0.39 is 11.5 Å². The van der Waals surface area contributed by atoms with Crippen molar-refractivity contribution in [2.24, 2.45) is 0 Å². The van der Waals surface area contributed by atoms with E-state index in [1.807, 2.05) is 20.8 Å². The lowest BCUT2D eigenvalue weighted by molar-refractivity contribution is -0.114. The molecule has 0 fully saturated rings. The molecule has 0 aliphatic carbocycles. The molecule has 0 saturated heterocycles. The van der Waals surface area contributed by atoms with Gasteiger partial charge in [0.15, 0.2) is 0 Å². The third kappa shape index (κ3) is 2.61. The molecular weight excluding hydrogens is 208 g/mol. The van der Waals surface area contributed by atoms with E-state index in [9.17, 15) is 9.90 Å². The van der Waals surface area contributed by atoms with Crippen molar-refractivity contribution < 1.29 is 14.4 Å². The summed E-state index contributed by atoms with van der Waals surface area (Å²) in [4.78, 5) is 10.8. The third-order valence-corrected chi connectivity index (χ3v) is 2.69. The number of aromatic nitrogens is 1. The van der Waals surface area contributed by atoms with Crippen molar-refractivity contribution in [3.63, 3.8) is 0 Å². The molecule has 5 heteroatoms. The molecule has 0 radical (unpaired) electrons. The summed E-state index contributed by atoms with van der Waals surface area (Å²) in [5.41, 5.74) is 0.139. The summed E-state index contributed by atoms with van der Waals surface area (Å²) >= 11 is 0. The molecule has 16 heavy (non-hydrogen) atoms. The second-order valence-corrected chi connectivity index (χ2v) is 4.40. The molecular formula is C11H18N2O3. The van der Waals surface area contributed by atoms with Crippen LogP contribution in [0.3, 0.4) is 0 Å². The largest absolute Gasteiger partial charge is 0.392 e. The topological polar surface area (TPSA) is 75.4 Å². The molecule has 2 N–H and O–H groups in total. The molecule has 0 aromatic carbocycles. The van der Waals surface area contributed by atoms with Crippen LogP contribution in [-0.4, -0.2) is 22.3 Å². The zero-order chi connectivity index (χ0) is 12.3. The van der Waals surface area contributed by atoms with E-state index in [2.05, 4.69) is 10.5 Å². The molecule has 0 bridgehead atoms. The minimum Gasteiger partial charge on any atom is -0.392 e. The lowest BCUT2D eigenvalue weighted by atomic mass is 9.82. The van der Waals surface area contributed by atoms with Gasteiger partial charge in [0.05, 0.1) is 11.8 Å². The monoisotopic (exact) mass is 226 g/mol. The number of aliphatic hydroxyl groups excluding tert-OH is 1. The highest BCUT2D eigenvalue weighted by atomic mass is 16.5. The molecule has 1 atom stereocenters. The smallest absolute Gasteiger partial charge is 0.231 e. The quantitative estimate of drug-likeness (QED) is 0.819. The molecule has 0 aliphatic heterocycles. The van der Waals surface area contributed by atoms with Crippen LogP contribution < -0.4 is 5.32 Å². The Morgan fingerprint density at radius 3 is 2.81 bits per heavy atom. The first-order valence-corrected chi connectivity index (χ1v) is 5.30. The van der Waals surface area contributed by atoms with Crippen LogP contribution in [0.4, 0.5) is 5.88 Å². The molecule has 0 spiro atoms. The first-order valence-electron chi connectivity index (χ1n) is 5.30. The second kappa shape index (κ2) is 4.65. The van der Waals surface area contributed by atoms with Crippen molar-refractivity contribution in [1.82, 2.24) is 5.16 Å².